The van der Waals surface area contributed by atoms with Gasteiger partial charge in [-0.15, -0.1) is 11.3 Å². The highest BCUT2D eigenvalue weighted by molar-refractivity contribution is 7.12. The zero-order valence-corrected chi connectivity index (χ0v) is 13.0. The van der Waals surface area contributed by atoms with Crippen LogP contribution in [0.3, 0.4) is 0 Å². The Bertz CT molecular complexity index is 688. The number of amides is 4. The number of rotatable bonds is 2. The SMILES string of the molecule is CN(C)C(=O)c1sccc1C(=O)N1CC2(CC(=O)NC2=O)C1. The summed E-state index contributed by atoms with van der Waals surface area (Å²) < 4.78 is 0. The van der Waals surface area contributed by atoms with E-state index in [1.165, 1.54) is 21.1 Å². The fourth-order valence-electron chi connectivity index (χ4n) is 2.79. The van der Waals surface area contributed by atoms with Gasteiger partial charge >= 0.3 is 0 Å². The van der Waals surface area contributed by atoms with E-state index in [1.807, 2.05) is 0 Å². The molecule has 3 rings (SSSR count). The van der Waals surface area contributed by atoms with E-state index in [2.05, 4.69) is 5.32 Å². The van der Waals surface area contributed by atoms with E-state index in [-0.39, 0.29) is 43.1 Å². The Hall–Kier alpha value is -2.22. The largest absolute Gasteiger partial charge is 0.344 e. The maximum absolute atomic E-state index is 12.5. The summed E-state index contributed by atoms with van der Waals surface area (Å²) in [6.45, 7) is 0.434. The Kier molecular flexibility index (Phi) is 3.28. The standard InChI is InChI=1S/C14H15N3O4S/c1-16(2)12(20)10-8(3-4-22-10)11(19)17-6-14(7-17)5-9(18)15-13(14)21/h3-4H,5-7H2,1-2H3,(H,15,18,21). The van der Waals surface area contributed by atoms with Gasteiger partial charge in [-0.25, -0.2) is 0 Å². The summed E-state index contributed by atoms with van der Waals surface area (Å²) in [7, 11) is 3.26. The Morgan fingerprint density at radius 1 is 1.32 bits per heavy atom. The van der Waals surface area contributed by atoms with E-state index in [0.717, 1.165) is 0 Å². The molecule has 2 saturated heterocycles. The minimum absolute atomic E-state index is 0.128. The summed E-state index contributed by atoms with van der Waals surface area (Å²) in [5, 5.41) is 3.97. The van der Waals surface area contributed by atoms with Crippen molar-refractivity contribution >= 4 is 35.0 Å². The van der Waals surface area contributed by atoms with Crippen molar-refractivity contribution in [1.82, 2.24) is 15.1 Å². The lowest BCUT2D eigenvalue weighted by Gasteiger charge is -2.45. The Balaban J connectivity index is 1.75. The first-order chi connectivity index (χ1) is 10.3. The molecule has 4 amide bonds. The van der Waals surface area contributed by atoms with Crippen LogP contribution in [0.25, 0.3) is 0 Å². The van der Waals surface area contributed by atoms with Gasteiger partial charge in [-0.1, -0.05) is 0 Å². The van der Waals surface area contributed by atoms with Gasteiger partial charge in [-0.3, -0.25) is 24.5 Å². The predicted molar refractivity (Wildman–Crippen MR) is 78.4 cm³/mol. The molecule has 1 aromatic heterocycles. The number of imide groups is 1. The van der Waals surface area contributed by atoms with Crippen molar-refractivity contribution in [3.8, 4) is 0 Å². The number of carbonyl (C=O) groups excluding carboxylic acids is 4. The number of hydrogen-bond acceptors (Lipinski definition) is 5. The van der Waals surface area contributed by atoms with Gasteiger partial charge in [-0.05, 0) is 11.4 Å². The van der Waals surface area contributed by atoms with Crippen molar-refractivity contribution in [2.75, 3.05) is 27.2 Å². The molecule has 3 heterocycles. The van der Waals surface area contributed by atoms with Crippen molar-refractivity contribution in [3.63, 3.8) is 0 Å². The summed E-state index contributed by atoms with van der Waals surface area (Å²) in [6, 6.07) is 1.62. The number of carbonyl (C=O) groups is 4. The summed E-state index contributed by atoms with van der Waals surface area (Å²) >= 11 is 1.22. The van der Waals surface area contributed by atoms with Crippen molar-refractivity contribution in [2.45, 2.75) is 6.42 Å². The van der Waals surface area contributed by atoms with Gasteiger partial charge in [0.05, 0.1) is 11.0 Å². The molecule has 0 saturated carbocycles. The molecule has 0 atom stereocenters. The fourth-order valence-corrected chi connectivity index (χ4v) is 3.70. The van der Waals surface area contributed by atoms with Gasteiger partial charge in [0.2, 0.25) is 11.8 Å². The molecule has 1 N–H and O–H groups in total. The smallest absolute Gasteiger partial charge is 0.264 e. The van der Waals surface area contributed by atoms with E-state index < -0.39 is 5.41 Å². The van der Waals surface area contributed by atoms with Crippen molar-refractivity contribution in [2.24, 2.45) is 5.41 Å². The highest BCUT2D eigenvalue weighted by Gasteiger charge is 2.56. The minimum Gasteiger partial charge on any atom is -0.344 e. The van der Waals surface area contributed by atoms with Gasteiger partial charge in [0.25, 0.3) is 11.8 Å². The van der Waals surface area contributed by atoms with Crippen LogP contribution in [-0.4, -0.2) is 60.6 Å². The zero-order valence-electron chi connectivity index (χ0n) is 12.2. The van der Waals surface area contributed by atoms with E-state index in [9.17, 15) is 19.2 Å². The number of thiophene rings is 1. The lowest BCUT2D eigenvalue weighted by atomic mass is 9.78. The molecular weight excluding hydrogens is 306 g/mol. The third-order valence-electron chi connectivity index (χ3n) is 4.00. The molecule has 2 aliphatic rings. The van der Waals surface area contributed by atoms with Gasteiger partial charge in [-0.2, -0.15) is 0 Å². The highest BCUT2D eigenvalue weighted by atomic mass is 32.1. The molecule has 116 valence electrons. The van der Waals surface area contributed by atoms with Crippen LogP contribution in [0.4, 0.5) is 0 Å². The van der Waals surface area contributed by atoms with E-state index in [0.29, 0.717) is 10.4 Å². The van der Waals surface area contributed by atoms with Crippen LogP contribution >= 0.6 is 11.3 Å². The van der Waals surface area contributed by atoms with Crippen LogP contribution < -0.4 is 5.32 Å². The molecule has 2 aliphatic heterocycles. The molecular formula is C14H15N3O4S. The molecule has 8 heteroatoms. The second-order valence-electron chi connectivity index (χ2n) is 5.86. The van der Waals surface area contributed by atoms with Crippen molar-refractivity contribution in [1.29, 1.82) is 0 Å². The number of hydrogen-bond donors (Lipinski definition) is 1. The molecule has 1 aromatic rings. The zero-order chi connectivity index (χ0) is 16.1. The quantitative estimate of drug-likeness (QED) is 0.773. The van der Waals surface area contributed by atoms with Crippen molar-refractivity contribution < 1.29 is 19.2 Å². The average Bonchev–Trinajstić information content (AvgIpc) is 2.99. The van der Waals surface area contributed by atoms with Crippen molar-refractivity contribution in [3.05, 3.63) is 21.9 Å². The normalized spacial score (nSPS) is 19.1. The first kappa shape index (κ1) is 14.7. The van der Waals surface area contributed by atoms with Crippen LogP contribution in [0.2, 0.25) is 0 Å². The number of nitrogens with zero attached hydrogens (tertiary/aromatic N) is 2. The maximum atomic E-state index is 12.5. The molecule has 0 aliphatic carbocycles. The van der Waals surface area contributed by atoms with Crippen LogP contribution in [0.1, 0.15) is 26.5 Å². The maximum Gasteiger partial charge on any atom is 0.264 e. The summed E-state index contributed by atoms with van der Waals surface area (Å²) in [5.41, 5.74) is -0.419. The third-order valence-corrected chi connectivity index (χ3v) is 4.91. The van der Waals surface area contributed by atoms with E-state index >= 15 is 0 Å². The van der Waals surface area contributed by atoms with Gasteiger partial charge in [0.1, 0.15) is 4.88 Å². The Morgan fingerprint density at radius 2 is 2.00 bits per heavy atom. The second kappa shape index (κ2) is 4.91. The van der Waals surface area contributed by atoms with E-state index in [4.69, 9.17) is 0 Å². The van der Waals surface area contributed by atoms with Crippen LogP contribution in [-0.2, 0) is 9.59 Å². The Labute approximate surface area is 130 Å². The molecule has 1 spiro atoms. The monoisotopic (exact) mass is 321 g/mol. The minimum atomic E-state index is -0.769. The fraction of sp³-hybridized carbons (Fsp3) is 0.429. The molecule has 0 radical (unpaired) electrons. The number of nitrogens with one attached hydrogen (secondary N) is 1. The van der Waals surface area contributed by atoms with E-state index in [1.54, 1.807) is 25.5 Å². The number of likely N-dealkylation sites (tertiary alicyclic amines) is 1. The summed E-state index contributed by atoms with van der Waals surface area (Å²) in [5.74, 6) is -1.10. The molecule has 2 fully saturated rings. The second-order valence-corrected chi connectivity index (χ2v) is 6.77. The first-order valence-corrected chi connectivity index (χ1v) is 7.65. The molecule has 0 bridgehead atoms. The molecule has 22 heavy (non-hydrogen) atoms. The summed E-state index contributed by atoms with van der Waals surface area (Å²) in [4.78, 5) is 51.0. The van der Waals surface area contributed by atoms with Gasteiger partial charge in [0.15, 0.2) is 0 Å². The molecule has 7 nitrogen and oxygen atoms in total. The lowest BCUT2D eigenvalue weighted by molar-refractivity contribution is -0.134. The highest BCUT2D eigenvalue weighted by Crippen LogP contribution is 2.38. The molecule has 0 unspecified atom stereocenters. The van der Waals surface area contributed by atoms with Crippen LogP contribution in [0.5, 0.6) is 0 Å². The Morgan fingerprint density at radius 3 is 2.55 bits per heavy atom. The third kappa shape index (κ3) is 2.10. The lowest BCUT2D eigenvalue weighted by Crippen LogP contribution is -2.61. The predicted octanol–water partition coefficient (Wildman–Crippen LogP) is -0.0614. The topological polar surface area (TPSA) is 86.8 Å². The van der Waals surface area contributed by atoms with Crippen LogP contribution in [0, 0.1) is 5.41 Å². The van der Waals surface area contributed by atoms with Gasteiger partial charge in [0, 0.05) is 33.6 Å². The van der Waals surface area contributed by atoms with Gasteiger partial charge < -0.3 is 9.80 Å². The first-order valence-electron chi connectivity index (χ1n) is 6.77. The average molecular weight is 321 g/mol. The van der Waals surface area contributed by atoms with Crippen LogP contribution in [0.15, 0.2) is 11.4 Å². The summed E-state index contributed by atoms with van der Waals surface area (Å²) in [6.07, 6.45) is 0.128. The molecule has 0 aromatic carbocycles.